The smallest absolute Gasteiger partial charge is 0.315 e. The zero-order valence-electron chi connectivity index (χ0n) is 27.6. The Morgan fingerprint density at radius 2 is 1.82 bits per heavy atom. The molecule has 2 heterocycles. The normalized spacial score (nSPS) is 24.0. The van der Waals surface area contributed by atoms with Crippen molar-refractivity contribution in [1.82, 2.24) is 26.2 Å². The number of urea groups is 1. The average molecular weight is 633 g/mol. The number of rotatable bonds is 14. The fraction of sp³-hybridized carbons (Fsp3) is 0.750. The van der Waals surface area contributed by atoms with Gasteiger partial charge in [-0.15, -0.1) is 18.3 Å². The first-order chi connectivity index (χ1) is 20.5. The number of aliphatic imine (C=N–C) groups is 1. The molecule has 0 spiro atoms. The third-order valence-electron chi connectivity index (χ3n) is 9.15. The molecule has 11 nitrogen and oxygen atoms in total. The number of Topliss-reactive ketones (excluding diaryl/α,β-unsaturated/α-hetero) is 1. The average Bonchev–Trinajstić information content (AvgIpc) is 3.37. The zero-order chi connectivity index (χ0) is 33.0. The van der Waals surface area contributed by atoms with Gasteiger partial charge in [-0.05, 0) is 35.0 Å². The summed E-state index contributed by atoms with van der Waals surface area (Å²) in [5.74, 6) is -1.17. The lowest BCUT2D eigenvalue weighted by atomic mass is 9.85. The third-order valence-corrected chi connectivity index (χ3v) is 10.2. The van der Waals surface area contributed by atoms with Crippen molar-refractivity contribution in [3.8, 4) is 0 Å². The minimum Gasteiger partial charge on any atom is -0.346 e. The van der Waals surface area contributed by atoms with E-state index in [-0.39, 0.29) is 41.7 Å². The molecule has 2 aliphatic heterocycles. The van der Waals surface area contributed by atoms with E-state index in [2.05, 4.69) is 46.7 Å². The van der Waals surface area contributed by atoms with Crippen LogP contribution in [0.1, 0.15) is 74.7 Å². The van der Waals surface area contributed by atoms with Gasteiger partial charge in [-0.2, -0.15) is 0 Å². The quantitative estimate of drug-likeness (QED) is 0.171. The maximum atomic E-state index is 14.2. The lowest BCUT2D eigenvalue weighted by Gasteiger charge is -2.38. The lowest BCUT2D eigenvalue weighted by Crippen LogP contribution is -2.62. The number of amides is 5. The van der Waals surface area contributed by atoms with Gasteiger partial charge in [-0.25, -0.2) is 4.79 Å². The molecule has 0 aromatic rings. The second kappa shape index (κ2) is 14.5. The molecule has 0 radical (unpaired) electrons. The van der Waals surface area contributed by atoms with Crippen LogP contribution >= 0.6 is 11.8 Å². The van der Waals surface area contributed by atoms with Gasteiger partial charge in [0.25, 0.3) is 5.91 Å². The number of nitrogens with one attached hydrogen (secondary N) is 4. The van der Waals surface area contributed by atoms with Crippen LogP contribution in [0, 0.1) is 28.6 Å². The Bertz CT molecular complexity index is 1160. The highest BCUT2D eigenvalue weighted by Gasteiger charge is 2.69. The summed E-state index contributed by atoms with van der Waals surface area (Å²) in [4.78, 5) is 72.9. The Hall–Kier alpha value is -2.89. The van der Waals surface area contributed by atoms with Crippen LogP contribution in [0.3, 0.4) is 0 Å². The first-order valence-electron chi connectivity index (χ1n) is 15.8. The highest BCUT2D eigenvalue weighted by molar-refractivity contribution is 8.14. The van der Waals surface area contributed by atoms with Crippen LogP contribution in [-0.4, -0.2) is 89.0 Å². The van der Waals surface area contributed by atoms with E-state index in [1.54, 1.807) is 16.7 Å². The van der Waals surface area contributed by atoms with Gasteiger partial charge < -0.3 is 26.2 Å². The number of ketones is 1. The van der Waals surface area contributed by atoms with Crippen molar-refractivity contribution in [3.05, 3.63) is 12.7 Å². The largest absolute Gasteiger partial charge is 0.346 e. The van der Waals surface area contributed by atoms with Gasteiger partial charge in [0.15, 0.2) is 0 Å². The molecule has 12 heteroatoms. The minimum atomic E-state index is -1.01. The number of carbonyl (C=O) groups is 5. The van der Waals surface area contributed by atoms with Crippen molar-refractivity contribution in [2.75, 3.05) is 25.4 Å². The molecule has 1 saturated carbocycles. The van der Waals surface area contributed by atoms with E-state index in [0.717, 1.165) is 17.3 Å². The molecular formula is C32H52N6O5S. The lowest BCUT2D eigenvalue weighted by molar-refractivity contribution is -0.145. The van der Waals surface area contributed by atoms with E-state index >= 15 is 0 Å². The number of nitrogens with zero attached hydrogens (tertiary/aromatic N) is 2. The SMILES string of the molecule is C=CCNC(=O)C(=O)C(CCC)NC(=O)[C@@H]1[C@@H]2[C@H](CN1C(=O)[C@@H](NC(=O)N[C@H](CC1=NCCS1)C(C)C)C(C)(C)C)C2(C)C. The van der Waals surface area contributed by atoms with E-state index < -0.39 is 47.2 Å². The molecule has 0 bridgehead atoms. The summed E-state index contributed by atoms with van der Waals surface area (Å²) in [5.41, 5.74) is -0.807. The molecular weight excluding hydrogens is 580 g/mol. The molecule has 4 N–H and O–H groups in total. The Labute approximate surface area is 266 Å². The van der Waals surface area contributed by atoms with Gasteiger partial charge in [0.05, 0.1) is 11.1 Å². The highest BCUT2D eigenvalue weighted by atomic mass is 32.2. The molecule has 2 fully saturated rings. The van der Waals surface area contributed by atoms with Crippen molar-refractivity contribution >= 4 is 46.3 Å². The fourth-order valence-electron chi connectivity index (χ4n) is 6.34. The Morgan fingerprint density at radius 1 is 1.14 bits per heavy atom. The van der Waals surface area contributed by atoms with Gasteiger partial charge in [0, 0.05) is 37.8 Å². The third kappa shape index (κ3) is 8.22. The maximum absolute atomic E-state index is 14.2. The van der Waals surface area contributed by atoms with Crippen molar-refractivity contribution in [1.29, 1.82) is 0 Å². The maximum Gasteiger partial charge on any atom is 0.315 e. The van der Waals surface area contributed by atoms with Crippen LogP contribution in [0.4, 0.5) is 4.79 Å². The van der Waals surface area contributed by atoms with E-state index in [4.69, 9.17) is 0 Å². The summed E-state index contributed by atoms with van der Waals surface area (Å²) in [6.45, 7) is 20.6. The topological polar surface area (TPSA) is 149 Å². The Morgan fingerprint density at radius 3 is 2.36 bits per heavy atom. The van der Waals surface area contributed by atoms with Crippen LogP contribution in [0.25, 0.3) is 0 Å². The van der Waals surface area contributed by atoms with Crippen molar-refractivity contribution in [3.63, 3.8) is 0 Å². The van der Waals surface area contributed by atoms with Crippen LogP contribution < -0.4 is 21.3 Å². The first-order valence-corrected chi connectivity index (χ1v) is 16.8. The van der Waals surface area contributed by atoms with Crippen molar-refractivity contribution in [2.45, 2.75) is 98.8 Å². The molecule has 3 rings (SSSR count). The van der Waals surface area contributed by atoms with E-state index in [1.807, 2.05) is 41.5 Å². The second-order valence-electron chi connectivity index (χ2n) is 14.2. The predicted molar refractivity (Wildman–Crippen MR) is 174 cm³/mol. The summed E-state index contributed by atoms with van der Waals surface area (Å²) < 4.78 is 0. The molecule has 3 aliphatic rings. The summed E-state index contributed by atoms with van der Waals surface area (Å²) in [5, 5.41) is 12.3. The minimum absolute atomic E-state index is 0.0946. The summed E-state index contributed by atoms with van der Waals surface area (Å²) >= 11 is 1.71. The van der Waals surface area contributed by atoms with Crippen LogP contribution in [0.2, 0.25) is 0 Å². The van der Waals surface area contributed by atoms with Gasteiger partial charge in [0.1, 0.15) is 12.1 Å². The summed E-state index contributed by atoms with van der Waals surface area (Å²) in [7, 11) is 0. The molecule has 0 aromatic heterocycles. The number of hydrogen-bond acceptors (Lipinski definition) is 7. The summed E-state index contributed by atoms with van der Waals surface area (Å²) in [6, 6.07) is -3.31. The van der Waals surface area contributed by atoms with Crippen LogP contribution in [-0.2, 0) is 19.2 Å². The molecule has 6 atom stereocenters. The molecule has 246 valence electrons. The monoisotopic (exact) mass is 632 g/mol. The van der Waals surface area contributed by atoms with Crippen molar-refractivity contribution in [2.24, 2.45) is 33.6 Å². The van der Waals surface area contributed by atoms with Crippen molar-refractivity contribution < 1.29 is 24.0 Å². The highest BCUT2D eigenvalue weighted by Crippen LogP contribution is 2.65. The standard InChI is InChI=1S/C32H52N6O5S/c1-10-12-20(25(39)28(41)34-13-11-2)35-27(40)24-23-19(32(23,8)9)17-38(24)29(42)26(31(5,6)7)37-30(43)36-21(18(3)4)16-22-33-14-15-44-22/h11,18-21,23-24,26H,2,10,12-17H2,1,3-9H3,(H,34,41)(H,35,40)(H2,36,37,43)/t19-,20?,21+,23-,24-,26+/m0/s1. The second-order valence-corrected chi connectivity index (χ2v) is 15.4. The molecule has 1 unspecified atom stereocenters. The van der Waals surface area contributed by atoms with Gasteiger partial charge in [-0.1, -0.05) is 67.9 Å². The molecule has 1 aliphatic carbocycles. The van der Waals surface area contributed by atoms with Crippen LogP contribution in [0.15, 0.2) is 17.6 Å². The predicted octanol–water partition coefficient (Wildman–Crippen LogP) is 2.90. The number of carbonyl (C=O) groups excluding carboxylic acids is 5. The number of thioether (sulfide) groups is 1. The van der Waals surface area contributed by atoms with E-state index in [1.165, 1.54) is 6.08 Å². The Kier molecular flexibility index (Phi) is 11.7. The molecule has 44 heavy (non-hydrogen) atoms. The zero-order valence-corrected chi connectivity index (χ0v) is 28.4. The van der Waals surface area contributed by atoms with Gasteiger partial charge >= 0.3 is 6.03 Å². The van der Waals surface area contributed by atoms with Gasteiger partial charge in [-0.3, -0.25) is 24.2 Å². The molecule has 5 amide bonds. The van der Waals surface area contributed by atoms with Crippen LogP contribution in [0.5, 0.6) is 0 Å². The van der Waals surface area contributed by atoms with Gasteiger partial charge in [0.2, 0.25) is 17.6 Å². The van der Waals surface area contributed by atoms with E-state index in [9.17, 15) is 24.0 Å². The molecule has 0 aromatic carbocycles. The molecule has 1 saturated heterocycles. The summed E-state index contributed by atoms with van der Waals surface area (Å²) in [6.07, 6.45) is 2.98. The first kappa shape index (κ1) is 35.6. The van der Waals surface area contributed by atoms with E-state index in [0.29, 0.717) is 25.8 Å². The fourth-order valence-corrected chi connectivity index (χ4v) is 7.24. The number of fused-ring (bicyclic) bond motifs is 1. The number of likely N-dealkylation sites (tertiary alicyclic amines) is 1. The number of piperidine rings is 1. The Balaban J connectivity index is 1.79. The number of hydrogen-bond donors (Lipinski definition) is 4.